The first-order valence-corrected chi connectivity index (χ1v) is 5.29. The molecule has 2 rings (SSSR count). The van der Waals surface area contributed by atoms with Gasteiger partial charge in [-0.2, -0.15) is 0 Å². The molecule has 0 bridgehead atoms. The molecule has 0 saturated heterocycles. The number of imide groups is 1. The Labute approximate surface area is 99.5 Å². The predicted octanol–water partition coefficient (Wildman–Crippen LogP) is 1.51. The van der Waals surface area contributed by atoms with Crippen molar-refractivity contribution in [2.45, 2.75) is 13.5 Å². The van der Waals surface area contributed by atoms with Gasteiger partial charge in [-0.15, -0.1) is 0 Å². The average molecular weight is 231 g/mol. The molecule has 88 valence electrons. The van der Waals surface area contributed by atoms with Crippen LogP contribution in [0.4, 0.5) is 0 Å². The van der Waals surface area contributed by atoms with Crippen LogP contribution in [0.15, 0.2) is 35.9 Å². The second-order valence-corrected chi connectivity index (χ2v) is 3.91. The Balaban J connectivity index is 2.17. The van der Waals surface area contributed by atoms with E-state index in [9.17, 15) is 9.59 Å². The summed E-state index contributed by atoms with van der Waals surface area (Å²) in [5, 5.41) is 0. The van der Waals surface area contributed by atoms with E-state index in [-0.39, 0.29) is 18.4 Å². The summed E-state index contributed by atoms with van der Waals surface area (Å²) in [4.78, 5) is 24.5. The van der Waals surface area contributed by atoms with E-state index < -0.39 is 0 Å². The standard InChI is InChI=1S/C13H13NO3/c1-9-6-12(15)14(13(9)16)8-10-4-3-5-11(7-10)17-2/h3-7H,8H2,1-2H3. The van der Waals surface area contributed by atoms with Gasteiger partial charge in [0.25, 0.3) is 11.8 Å². The normalized spacial score (nSPS) is 15.2. The van der Waals surface area contributed by atoms with Gasteiger partial charge in [0.2, 0.25) is 0 Å². The van der Waals surface area contributed by atoms with E-state index in [0.717, 1.165) is 5.56 Å². The van der Waals surface area contributed by atoms with Crippen LogP contribution < -0.4 is 4.74 Å². The Hall–Kier alpha value is -2.10. The van der Waals surface area contributed by atoms with Gasteiger partial charge in [-0.05, 0) is 24.6 Å². The molecule has 0 spiro atoms. The molecule has 4 heteroatoms. The Morgan fingerprint density at radius 1 is 1.29 bits per heavy atom. The maximum absolute atomic E-state index is 11.7. The van der Waals surface area contributed by atoms with Gasteiger partial charge in [0.15, 0.2) is 0 Å². The highest BCUT2D eigenvalue weighted by molar-refractivity contribution is 6.15. The van der Waals surface area contributed by atoms with Crippen LogP contribution in [0.25, 0.3) is 0 Å². The summed E-state index contributed by atoms with van der Waals surface area (Å²) in [7, 11) is 1.58. The van der Waals surface area contributed by atoms with Gasteiger partial charge in [0.05, 0.1) is 13.7 Å². The highest BCUT2D eigenvalue weighted by Gasteiger charge is 2.28. The van der Waals surface area contributed by atoms with Crippen molar-refractivity contribution in [2.24, 2.45) is 0 Å². The molecule has 1 aromatic carbocycles. The zero-order valence-electron chi connectivity index (χ0n) is 9.77. The molecule has 0 fully saturated rings. The molecule has 0 unspecified atom stereocenters. The van der Waals surface area contributed by atoms with Crippen LogP contribution >= 0.6 is 0 Å². The van der Waals surface area contributed by atoms with Crippen molar-refractivity contribution in [1.29, 1.82) is 0 Å². The molecule has 2 amide bonds. The molecule has 0 aromatic heterocycles. The van der Waals surface area contributed by atoms with Crippen LogP contribution in [0.1, 0.15) is 12.5 Å². The number of benzene rings is 1. The molecule has 1 aromatic rings. The van der Waals surface area contributed by atoms with E-state index in [4.69, 9.17) is 4.74 Å². The third-order valence-electron chi connectivity index (χ3n) is 2.66. The van der Waals surface area contributed by atoms with E-state index in [1.54, 1.807) is 14.0 Å². The van der Waals surface area contributed by atoms with Crippen molar-refractivity contribution in [3.05, 3.63) is 41.5 Å². The summed E-state index contributed by atoms with van der Waals surface area (Å²) in [5.74, 6) is 0.236. The zero-order valence-corrected chi connectivity index (χ0v) is 9.77. The number of hydrogen-bond donors (Lipinski definition) is 0. The van der Waals surface area contributed by atoms with Gasteiger partial charge < -0.3 is 4.74 Å². The summed E-state index contributed by atoms with van der Waals surface area (Å²) in [6.45, 7) is 1.93. The second-order valence-electron chi connectivity index (χ2n) is 3.91. The molecule has 1 heterocycles. The highest BCUT2D eigenvalue weighted by atomic mass is 16.5. The molecule has 4 nitrogen and oxygen atoms in total. The van der Waals surface area contributed by atoms with E-state index in [0.29, 0.717) is 11.3 Å². The second kappa shape index (κ2) is 4.41. The molecule has 1 aliphatic rings. The van der Waals surface area contributed by atoms with Crippen molar-refractivity contribution < 1.29 is 14.3 Å². The van der Waals surface area contributed by atoms with E-state index in [1.165, 1.54) is 11.0 Å². The van der Waals surface area contributed by atoms with Gasteiger partial charge in [0, 0.05) is 11.6 Å². The molecular formula is C13H13NO3. The molecule has 1 aliphatic heterocycles. The molecular weight excluding hydrogens is 218 g/mol. The van der Waals surface area contributed by atoms with Gasteiger partial charge in [-0.1, -0.05) is 12.1 Å². The molecule has 0 N–H and O–H groups in total. The van der Waals surface area contributed by atoms with Crippen molar-refractivity contribution in [1.82, 2.24) is 4.90 Å². The lowest BCUT2D eigenvalue weighted by atomic mass is 10.2. The Kier molecular flexibility index (Phi) is 2.95. The van der Waals surface area contributed by atoms with Crippen LogP contribution in [0, 0.1) is 0 Å². The van der Waals surface area contributed by atoms with Gasteiger partial charge >= 0.3 is 0 Å². The van der Waals surface area contributed by atoms with Gasteiger partial charge in [-0.3, -0.25) is 14.5 Å². The monoisotopic (exact) mass is 231 g/mol. The van der Waals surface area contributed by atoms with Crippen molar-refractivity contribution in [3.63, 3.8) is 0 Å². The first-order chi connectivity index (χ1) is 8.11. The lowest BCUT2D eigenvalue weighted by molar-refractivity contribution is -0.137. The maximum Gasteiger partial charge on any atom is 0.256 e. The largest absolute Gasteiger partial charge is 0.497 e. The SMILES string of the molecule is COc1cccc(CN2C(=O)C=C(C)C2=O)c1. The molecule has 0 saturated carbocycles. The fourth-order valence-corrected chi connectivity index (χ4v) is 1.74. The van der Waals surface area contributed by atoms with Crippen LogP contribution in [-0.4, -0.2) is 23.8 Å². The number of amides is 2. The van der Waals surface area contributed by atoms with Crippen LogP contribution in [0.2, 0.25) is 0 Å². The highest BCUT2D eigenvalue weighted by Crippen LogP contribution is 2.18. The summed E-state index contributed by atoms with van der Waals surface area (Å²) in [6, 6.07) is 7.32. The first kappa shape index (κ1) is 11.4. The van der Waals surface area contributed by atoms with Gasteiger partial charge in [-0.25, -0.2) is 0 Å². The molecule has 0 aliphatic carbocycles. The summed E-state index contributed by atoms with van der Waals surface area (Å²) in [6.07, 6.45) is 1.36. The van der Waals surface area contributed by atoms with E-state index in [2.05, 4.69) is 0 Å². The summed E-state index contributed by atoms with van der Waals surface area (Å²) >= 11 is 0. The van der Waals surface area contributed by atoms with Crippen molar-refractivity contribution >= 4 is 11.8 Å². The van der Waals surface area contributed by atoms with Crippen molar-refractivity contribution in [2.75, 3.05) is 7.11 Å². The number of methoxy groups -OCH3 is 1. The third-order valence-corrected chi connectivity index (χ3v) is 2.66. The Morgan fingerprint density at radius 3 is 2.65 bits per heavy atom. The van der Waals surface area contributed by atoms with Crippen LogP contribution in [-0.2, 0) is 16.1 Å². The Bertz CT molecular complexity index is 505. The minimum absolute atomic E-state index is 0.224. The fraction of sp³-hybridized carbons (Fsp3) is 0.231. The molecule has 17 heavy (non-hydrogen) atoms. The predicted molar refractivity (Wildman–Crippen MR) is 62.3 cm³/mol. The third kappa shape index (κ3) is 2.20. The van der Waals surface area contributed by atoms with Crippen molar-refractivity contribution in [3.8, 4) is 5.75 Å². The topological polar surface area (TPSA) is 46.6 Å². The van der Waals surface area contributed by atoms with Crippen LogP contribution in [0.5, 0.6) is 5.75 Å². The quantitative estimate of drug-likeness (QED) is 0.741. The lowest BCUT2D eigenvalue weighted by Crippen LogP contribution is -2.30. The fourth-order valence-electron chi connectivity index (χ4n) is 1.74. The number of rotatable bonds is 3. The van der Waals surface area contributed by atoms with E-state index >= 15 is 0 Å². The average Bonchev–Trinajstić information content (AvgIpc) is 2.56. The number of carbonyl (C=O) groups is 2. The zero-order chi connectivity index (χ0) is 12.4. The molecule has 0 radical (unpaired) electrons. The number of carbonyl (C=O) groups excluding carboxylic acids is 2. The smallest absolute Gasteiger partial charge is 0.256 e. The van der Waals surface area contributed by atoms with Crippen LogP contribution in [0.3, 0.4) is 0 Å². The number of nitrogens with zero attached hydrogens (tertiary/aromatic N) is 1. The summed E-state index contributed by atoms with van der Waals surface area (Å²) < 4.78 is 5.09. The Morgan fingerprint density at radius 2 is 2.06 bits per heavy atom. The van der Waals surface area contributed by atoms with E-state index in [1.807, 2.05) is 24.3 Å². The number of hydrogen-bond acceptors (Lipinski definition) is 3. The number of ether oxygens (including phenoxy) is 1. The summed E-state index contributed by atoms with van der Waals surface area (Å²) in [5.41, 5.74) is 1.35. The molecule has 0 atom stereocenters. The van der Waals surface area contributed by atoms with Gasteiger partial charge in [0.1, 0.15) is 5.75 Å². The first-order valence-electron chi connectivity index (χ1n) is 5.29. The lowest BCUT2D eigenvalue weighted by Gasteiger charge is -2.14. The maximum atomic E-state index is 11.7. The minimum atomic E-state index is -0.254. The minimum Gasteiger partial charge on any atom is -0.497 e.